The van der Waals surface area contributed by atoms with E-state index in [-0.39, 0.29) is 12.1 Å². The Morgan fingerprint density at radius 2 is 1.85 bits per heavy atom. The number of amides is 1. The van der Waals surface area contributed by atoms with Crippen LogP contribution in [0.2, 0.25) is 0 Å². The van der Waals surface area contributed by atoms with Crippen molar-refractivity contribution in [2.45, 2.75) is 51.8 Å². The maximum atomic E-state index is 13.3. The summed E-state index contributed by atoms with van der Waals surface area (Å²) in [4.78, 5) is 31.5. The second-order valence-corrected chi connectivity index (χ2v) is 11.0. The first-order valence-electron chi connectivity index (χ1n) is 13.3. The van der Waals surface area contributed by atoms with Gasteiger partial charge in [-0.2, -0.15) is 5.10 Å². The van der Waals surface area contributed by atoms with E-state index in [9.17, 15) is 9.59 Å². The number of aldehydes is 1. The monoisotopic (exact) mass is 526 g/mol. The van der Waals surface area contributed by atoms with Crippen molar-refractivity contribution in [3.05, 3.63) is 72.2 Å². The maximum Gasteiger partial charge on any atom is 0.410 e. The Hall–Kier alpha value is -4.04. The molecule has 3 heterocycles. The predicted molar refractivity (Wildman–Crippen MR) is 150 cm³/mol. The van der Waals surface area contributed by atoms with Gasteiger partial charge in [0.05, 0.1) is 11.7 Å². The number of carbonyl (C=O) groups is 2. The highest BCUT2D eigenvalue weighted by Gasteiger charge is 2.30. The van der Waals surface area contributed by atoms with Gasteiger partial charge in [0, 0.05) is 50.0 Å². The fourth-order valence-electron chi connectivity index (χ4n) is 5.06. The van der Waals surface area contributed by atoms with Gasteiger partial charge in [0.15, 0.2) is 6.29 Å². The van der Waals surface area contributed by atoms with Crippen LogP contribution in [0.3, 0.4) is 0 Å². The first-order chi connectivity index (χ1) is 18.7. The largest absolute Gasteiger partial charge is 0.444 e. The third kappa shape index (κ3) is 6.01. The molecule has 4 aromatic rings. The Labute approximate surface area is 228 Å². The molecule has 202 valence electrons. The number of pyridine rings is 1. The number of fused-ring (bicyclic) bond motifs is 1. The van der Waals surface area contributed by atoms with Gasteiger partial charge in [-0.15, -0.1) is 0 Å². The standard InChI is InChI=1S/C31H34N4O4/c1-31(2,3)39-30(37)35(24-11-13-38-14-12-24)18-21-9-10-29-28(15-21)27(16-23(20-36)33-29)26-8-6-5-7-25(26)22-17-32-34(4)19-22/h5-10,15-17,19-20,24H,11-14,18H2,1-4H3. The van der Waals surface area contributed by atoms with Gasteiger partial charge < -0.3 is 14.4 Å². The molecule has 0 spiro atoms. The normalized spacial score (nSPS) is 14.4. The minimum Gasteiger partial charge on any atom is -0.444 e. The molecular weight excluding hydrogens is 492 g/mol. The number of aromatic nitrogens is 3. The number of rotatable bonds is 6. The third-order valence-electron chi connectivity index (χ3n) is 6.86. The quantitative estimate of drug-likeness (QED) is 0.285. The highest BCUT2D eigenvalue weighted by Crippen LogP contribution is 2.36. The molecule has 8 nitrogen and oxygen atoms in total. The van der Waals surface area contributed by atoms with Gasteiger partial charge in [-0.3, -0.25) is 9.48 Å². The summed E-state index contributed by atoms with van der Waals surface area (Å²) in [5.74, 6) is 0. The van der Waals surface area contributed by atoms with Crippen molar-refractivity contribution < 1.29 is 19.1 Å². The van der Waals surface area contributed by atoms with E-state index < -0.39 is 5.60 Å². The zero-order valence-corrected chi connectivity index (χ0v) is 22.9. The average molecular weight is 527 g/mol. The van der Waals surface area contributed by atoms with Gasteiger partial charge in [0.25, 0.3) is 0 Å². The summed E-state index contributed by atoms with van der Waals surface area (Å²) in [5.41, 5.74) is 5.32. The second-order valence-electron chi connectivity index (χ2n) is 11.0. The Morgan fingerprint density at radius 1 is 1.10 bits per heavy atom. The molecular formula is C31H34N4O4. The van der Waals surface area contributed by atoms with E-state index in [2.05, 4.69) is 22.2 Å². The summed E-state index contributed by atoms with van der Waals surface area (Å²) in [6.07, 6.45) is 5.79. The Balaban J connectivity index is 1.59. The number of ether oxygens (including phenoxy) is 2. The zero-order chi connectivity index (χ0) is 27.6. The number of carbonyl (C=O) groups excluding carboxylic acids is 2. The maximum absolute atomic E-state index is 13.3. The van der Waals surface area contributed by atoms with E-state index in [1.54, 1.807) is 4.68 Å². The molecule has 1 saturated heterocycles. The molecule has 2 aromatic heterocycles. The highest BCUT2D eigenvalue weighted by molar-refractivity contribution is 6.01. The van der Waals surface area contributed by atoms with Crippen molar-refractivity contribution in [1.29, 1.82) is 0 Å². The summed E-state index contributed by atoms with van der Waals surface area (Å²) in [6.45, 7) is 7.28. The van der Waals surface area contributed by atoms with Crippen molar-refractivity contribution >= 4 is 23.3 Å². The first kappa shape index (κ1) is 26.6. The van der Waals surface area contributed by atoms with Gasteiger partial charge >= 0.3 is 6.09 Å². The zero-order valence-electron chi connectivity index (χ0n) is 22.9. The van der Waals surface area contributed by atoms with Crippen LogP contribution in [0.1, 0.15) is 49.7 Å². The summed E-state index contributed by atoms with van der Waals surface area (Å²) in [6, 6.07) is 15.9. The predicted octanol–water partition coefficient (Wildman–Crippen LogP) is 6.03. The van der Waals surface area contributed by atoms with E-state index in [4.69, 9.17) is 9.47 Å². The van der Waals surface area contributed by atoms with Crippen molar-refractivity contribution in [1.82, 2.24) is 19.7 Å². The molecule has 1 fully saturated rings. The number of aryl methyl sites for hydroxylation is 1. The van der Waals surface area contributed by atoms with E-state index in [0.29, 0.717) is 31.0 Å². The Bertz CT molecular complexity index is 1500. The van der Waals surface area contributed by atoms with Gasteiger partial charge in [-0.25, -0.2) is 9.78 Å². The van der Waals surface area contributed by atoms with Crippen LogP contribution in [0, 0.1) is 0 Å². The molecule has 2 aromatic carbocycles. The van der Waals surface area contributed by atoms with Gasteiger partial charge in [-0.1, -0.05) is 30.3 Å². The van der Waals surface area contributed by atoms with Crippen LogP contribution < -0.4 is 0 Å². The van der Waals surface area contributed by atoms with Crippen molar-refractivity contribution in [3.63, 3.8) is 0 Å². The summed E-state index contributed by atoms with van der Waals surface area (Å²) >= 11 is 0. The molecule has 0 radical (unpaired) electrons. The molecule has 0 N–H and O–H groups in total. The number of hydrogen-bond acceptors (Lipinski definition) is 6. The average Bonchev–Trinajstić information content (AvgIpc) is 3.36. The minimum atomic E-state index is -0.595. The van der Waals surface area contributed by atoms with E-state index in [0.717, 1.165) is 52.3 Å². The number of hydrogen-bond donors (Lipinski definition) is 0. The molecule has 1 aliphatic heterocycles. The Kier molecular flexibility index (Phi) is 7.48. The molecule has 39 heavy (non-hydrogen) atoms. The lowest BCUT2D eigenvalue weighted by Gasteiger charge is -2.35. The molecule has 1 aliphatic rings. The van der Waals surface area contributed by atoms with Crippen LogP contribution in [0.15, 0.2) is 60.9 Å². The lowest BCUT2D eigenvalue weighted by atomic mass is 9.92. The molecule has 0 bridgehead atoms. The van der Waals surface area contributed by atoms with Gasteiger partial charge in [0.2, 0.25) is 0 Å². The van der Waals surface area contributed by atoms with Crippen LogP contribution in [0.5, 0.6) is 0 Å². The van der Waals surface area contributed by atoms with Crippen molar-refractivity contribution in [2.24, 2.45) is 7.05 Å². The minimum absolute atomic E-state index is 0.0330. The lowest BCUT2D eigenvalue weighted by Crippen LogP contribution is -2.45. The summed E-state index contributed by atoms with van der Waals surface area (Å²) in [7, 11) is 1.89. The van der Waals surface area contributed by atoms with E-state index >= 15 is 0 Å². The van der Waals surface area contributed by atoms with Crippen LogP contribution >= 0.6 is 0 Å². The topological polar surface area (TPSA) is 86.6 Å². The molecule has 0 aliphatic carbocycles. The van der Waals surface area contributed by atoms with Gasteiger partial charge in [-0.05, 0) is 74.1 Å². The van der Waals surface area contributed by atoms with Crippen molar-refractivity contribution in [2.75, 3.05) is 13.2 Å². The first-order valence-corrected chi connectivity index (χ1v) is 13.3. The SMILES string of the molecule is Cn1cc(-c2ccccc2-c2cc(C=O)nc3ccc(CN(C(=O)OC(C)(C)C)C4CCOCC4)cc23)cn1. The molecule has 0 saturated carbocycles. The molecule has 5 rings (SSSR count). The molecule has 1 amide bonds. The number of benzene rings is 2. The fraction of sp³-hybridized carbons (Fsp3) is 0.355. The van der Waals surface area contributed by atoms with Crippen LogP contribution in [0.25, 0.3) is 33.2 Å². The summed E-state index contributed by atoms with van der Waals surface area (Å²) in [5, 5.41) is 5.25. The van der Waals surface area contributed by atoms with Crippen LogP contribution in [0.4, 0.5) is 4.79 Å². The van der Waals surface area contributed by atoms with Crippen molar-refractivity contribution in [3.8, 4) is 22.3 Å². The van der Waals surface area contributed by atoms with E-state index in [1.165, 1.54) is 0 Å². The van der Waals surface area contributed by atoms with Crippen LogP contribution in [-0.2, 0) is 23.1 Å². The van der Waals surface area contributed by atoms with Gasteiger partial charge in [0.1, 0.15) is 11.3 Å². The van der Waals surface area contributed by atoms with E-state index in [1.807, 2.05) is 81.5 Å². The lowest BCUT2D eigenvalue weighted by molar-refractivity contribution is -0.00808. The third-order valence-corrected chi connectivity index (χ3v) is 6.86. The van der Waals surface area contributed by atoms with Crippen LogP contribution in [-0.4, -0.2) is 56.9 Å². The smallest absolute Gasteiger partial charge is 0.410 e. The fourth-order valence-corrected chi connectivity index (χ4v) is 5.06. The molecule has 8 heteroatoms. The molecule has 0 unspecified atom stereocenters. The molecule has 0 atom stereocenters. The Morgan fingerprint density at radius 3 is 2.51 bits per heavy atom. The number of nitrogens with zero attached hydrogens (tertiary/aromatic N) is 4. The highest BCUT2D eigenvalue weighted by atomic mass is 16.6. The summed E-state index contributed by atoms with van der Waals surface area (Å²) < 4.78 is 13.1. The second kappa shape index (κ2) is 11.0.